The molecule has 5 nitrogen and oxygen atoms in total. The molecule has 0 unspecified atom stereocenters. The monoisotopic (exact) mass is 343 g/mol. The van der Waals surface area contributed by atoms with Crippen molar-refractivity contribution in [3.05, 3.63) is 28.5 Å². The molecule has 0 saturated carbocycles. The highest BCUT2D eigenvalue weighted by atomic mass is 79.9. The molecule has 0 N–H and O–H groups in total. The number of methoxy groups -OCH3 is 2. The van der Waals surface area contributed by atoms with E-state index in [9.17, 15) is 0 Å². The highest BCUT2D eigenvalue weighted by Gasteiger charge is 2.11. The van der Waals surface area contributed by atoms with E-state index < -0.39 is 0 Å². The van der Waals surface area contributed by atoms with Gasteiger partial charge >= 0.3 is 0 Å². The molecule has 2 rings (SSSR count). The quantitative estimate of drug-likeness (QED) is 0.781. The summed E-state index contributed by atoms with van der Waals surface area (Å²) in [5, 5.41) is 8.77. The molecule has 0 saturated heterocycles. The molecule has 0 atom stereocenters. The second-order valence-corrected chi connectivity index (χ2v) is 5.61. The van der Waals surface area contributed by atoms with Crippen LogP contribution in [-0.4, -0.2) is 29.0 Å². The molecule has 0 spiro atoms. The third-order valence-corrected chi connectivity index (χ3v) is 4.40. The smallest absolute Gasteiger partial charge is 0.191 e. The van der Waals surface area contributed by atoms with Crippen LogP contribution in [-0.2, 0) is 12.8 Å². The average molecular weight is 344 g/mol. The lowest BCUT2D eigenvalue weighted by Gasteiger charge is -2.11. The van der Waals surface area contributed by atoms with Crippen LogP contribution in [0.5, 0.6) is 11.5 Å². The lowest BCUT2D eigenvalue weighted by atomic mass is 10.2. The van der Waals surface area contributed by atoms with E-state index in [1.165, 1.54) is 0 Å². The van der Waals surface area contributed by atoms with E-state index in [1.807, 2.05) is 23.7 Å². The van der Waals surface area contributed by atoms with Gasteiger partial charge in [-0.15, -0.1) is 10.2 Å². The summed E-state index contributed by atoms with van der Waals surface area (Å²) < 4.78 is 13.4. The van der Waals surface area contributed by atoms with Gasteiger partial charge in [-0.25, -0.2) is 0 Å². The molecule has 0 aliphatic heterocycles. The lowest BCUT2D eigenvalue weighted by molar-refractivity contribution is 0.354. The van der Waals surface area contributed by atoms with Gasteiger partial charge in [0, 0.05) is 17.3 Å². The van der Waals surface area contributed by atoms with Gasteiger partial charge in [0.2, 0.25) is 0 Å². The summed E-state index contributed by atoms with van der Waals surface area (Å²) in [7, 11) is 5.18. The molecule has 102 valence electrons. The second kappa shape index (κ2) is 6.29. The Morgan fingerprint density at radius 2 is 1.95 bits per heavy atom. The molecule has 0 bridgehead atoms. The highest BCUT2D eigenvalue weighted by Crippen LogP contribution is 2.35. The van der Waals surface area contributed by atoms with Gasteiger partial charge < -0.3 is 14.0 Å². The minimum absolute atomic E-state index is 0.710. The first-order valence-corrected chi connectivity index (χ1v) is 7.30. The van der Waals surface area contributed by atoms with Crippen molar-refractivity contribution in [1.82, 2.24) is 14.8 Å². The summed E-state index contributed by atoms with van der Waals surface area (Å²) in [4.78, 5) is 0. The second-order valence-electron chi connectivity index (χ2n) is 3.81. The van der Waals surface area contributed by atoms with Crippen molar-refractivity contribution in [2.45, 2.75) is 10.9 Å². The number of aromatic nitrogens is 3. The van der Waals surface area contributed by atoms with E-state index >= 15 is 0 Å². The molecule has 0 radical (unpaired) electrons. The summed E-state index contributed by atoms with van der Waals surface area (Å²) in [6.07, 6.45) is 1.69. The fraction of sp³-hybridized carbons (Fsp3) is 0.333. The number of halogens is 1. The number of rotatable bonds is 5. The lowest BCUT2D eigenvalue weighted by Crippen LogP contribution is -1.94. The number of hydrogen-bond acceptors (Lipinski definition) is 5. The van der Waals surface area contributed by atoms with Crippen LogP contribution >= 0.6 is 27.7 Å². The zero-order valence-electron chi connectivity index (χ0n) is 10.9. The van der Waals surface area contributed by atoms with Crippen molar-refractivity contribution in [3.8, 4) is 11.5 Å². The molecule has 19 heavy (non-hydrogen) atoms. The van der Waals surface area contributed by atoms with Crippen LogP contribution in [0.3, 0.4) is 0 Å². The molecule has 1 heterocycles. The predicted molar refractivity (Wildman–Crippen MR) is 77.8 cm³/mol. The Balaban J connectivity index is 2.18. The Kier molecular flexibility index (Phi) is 4.71. The first-order valence-electron chi connectivity index (χ1n) is 5.53. The average Bonchev–Trinajstić information content (AvgIpc) is 2.82. The third kappa shape index (κ3) is 3.22. The standard InChI is InChI=1S/C12H14BrN3O2S/c1-16-7-14-15-12(16)19-6-8-4-10(17-2)11(18-3)5-9(8)13/h4-5,7H,6H2,1-3H3. The van der Waals surface area contributed by atoms with E-state index in [1.54, 1.807) is 32.3 Å². The number of thioether (sulfide) groups is 1. The summed E-state index contributed by atoms with van der Waals surface area (Å²) >= 11 is 5.16. The Bertz CT molecular complexity index is 574. The summed E-state index contributed by atoms with van der Waals surface area (Å²) in [6.45, 7) is 0. The van der Waals surface area contributed by atoms with Crippen LogP contribution in [0.15, 0.2) is 28.1 Å². The Morgan fingerprint density at radius 1 is 1.26 bits per heavy atom. The van der Waals surface area contributed by atoms with E-state index in [4.69, 9.17) is 9.47 Å². The van der Waals surface area contributed by atoms with Crippen LogP contribution < -0.4 is 9.47 Å². The van der Waals surface area contributed by atoms with Gasteiger partial charge in [-0.3, -0.25) is 0 Å². The van der Waals surface area contributed by atoms with Gasteiger partial charge in [0.05, 0.1) is 14.2 Å². The SMILES string of the molecule is COc1cc(Br)c(CSc2nncn2C)cc1OC. The molecular weight excluding hydrogens is 330 g/mol. The maximum atomic E-state index is 5.30. The van der Waals surface area contributed by atoms with E-state index in [0.29, 0.717) is 5.75 Å². The fourth-order valence-electron chi connectivity index (χ4n) is 1.55. The first-order chi connectivity index (χ1) is 9.15. The zero-order valence-corrected chi connectivity index (χ0v) is 13.3. The Hall–Kier alpha value is -1.21. The Morgan fingerprint density at radius 3 is 2.53 bits per heavy atom. The van der Waals surface area contributed by atoms with Gasteiger partial charge in [-0.05, 0) is 17.7 Å². The summed E-state index contributed by atoms with van der Waals surface area (Å²) in [5.41, 5.74) is 1.12. The molecule has 0 fully saturated rings. The molecule has 0 aliphatic carbocycles. The summed E-state index contributed by atoms with van der Waals surface area (Å²) in [5.74, 6) is 2.20. The van der Waals surface area contributed by atoms with Crippen molar-refractivity contribution in [3.63, 3.8) is 0 Å². The number of hydrogen-bond donors (Lipinski definition) is 0. The maximum absolute atomic E-state index is 5.30. The minimum atomic E-state index is 0.710. The largest absolute Gasteiger partial charge is 0.493 e. The summed E-state index contributed by atoms with van der Waals surface area (Å²) in [6, 6.07) is 3.87. The minimum Gasteiger partial charge on any atom is -0.493 e. The van der Waals surface area contributed by atoms with Gasteiger partial charge in [-0.2, -0.15) is 0 Å². The van der Waals surface area contributed by atoms with Crippen molar-refractivity contribution in [2.24, 2.45) is 7.05 Å². The highest BCUT2D eigenvalue weighted by molar-refractivity contribution is 9.10. The van der Waals surface area contributed by atoms with E-state index in [-0.39, 0.29) is 0 Å². The predicted octanol–water partition coefficient (Wildman–Crippen LogP) is 2.89. The first kappa shape index (κ1) is 14.2. The van der Waals surface area contributed by atoms with E-state index in [2.05, 4.69) is 26.1 Å². The molecule has 0 aliphatic rings. The van der Waals surface area contributed by atoms with Crippen molar-refractivity contribution < 1.29 is 9.47 Å². The number of nitrogens with zero attached hydrogens (tertiary/aromatic N) is 3. The van der Waals surface area contributed by atoms with E-state index in [0.717, 1.165) is 26.7 Å². The van der Waals surface area contributed by atoms with Crippen LogP contribution in [0.1, 0.15) is 5.56 Å². The van der Waals surface area contributed by atoms with Crippen LogP contribution in [0, 0.1) is 0 Å². The van der Waals surface area contributed by atoms with Crippen molar-refractivity contribution >= 4 is 27.7 Å². The van der Waals surface area contributed by atoms with Gasteiger partial charge in [0.1, 0.15) is 6.33 Å². The maximum Gasteiger partial charge on any atom is 0.191 e. The van der Waals surface area contributed by atoms with Gasteiger partial charge in [0.25, 0.3) is 0 Å². The molecule has 0 amide bonds. The van der Waals surface area contributed by atoms with Crippen molar-refractivity contribution in [1.29, 1.82) is 0 Å². The zero-order chi connectivity index (χ0) is 13.8. The molecule has 1 aromatic heterocycles. The normalized spacial score (nSPS) is 10.5. The number of aryl methyl sites for hydroxylation is 1. The van der Waals surface area contributed by atoms with Crippen LogP contribution in [0.4, 0.5) is 0 Å². The molecule has 7 heteroatoms. The number of benzene rings is 1. The fourth-order valence-corrected chi connectivity index (χ4v) is 3.08. The molecule has 2 aromatic rings. The Labute approximate surface area is 124 Å². The number of ether oxygens (including phenoxy) is 2. The van der Waals surface area contributed by atoms with Gasteiger partial charge in [-0.1, -0.05) is 27.7 Å². The molecule has 1 aromatic carbocycles. The van der Waals surface area contributed by atoms with Crippen LogP contribution in [0.25, 0.3) is 0 Å². The van der Waals surface area contributed by atoms with Gasteiger partial charge in [0.15, 0.2) is 16.7 Å². The molecular formula is C12H14BrN3O2S. The van der Waals surface area contributed by atoms with Crippen molar-refractivity contribution in [2.75, 3.05) is 14.2 Å². The third-order valence-electron chi connectivity index (χ3n) is 2.58. The topological polar surface area (TPSA) is 49.2 Å². The van der Waals surface area contributed by atoms with Crippen LogP contribution in [0.2, 0.25) is 0 Å².